The number of nitrogens with zero attached hydrogens (tertiary/aromatic N) is 2. The van der Waals surface area contributed by atoms with Crippen LogP contribution < -0.4 is 5.73 Å². The number of benzene rings is 2. The molecule has 31 heavy (non-hydrogen) atoms. The third-order valence-electron chi connectivity index (χ3n) is 6.47. The number of fused-ring (bicyclic) bond motifs is 1. The highest BCUT2D eigenvalue weighted by molar-refractivity contribution is 7.89. The minimum absolute atomic E-state index is 0.0553. The van der Waals surface area contributed by atoms with Crippen LogP contribution in [0.4, 0.5) is 0 Å². The first-order valence-corrected chi connectivity index (χ1v) is 12.6. The summed E-state index contributed by atoms with van der Waals surface area (Å²) in [6, 6.07) is 17.5. The Morgan fingerprint density at radius 3 is 2.68 bits per heavy atom. The van der Waals surface area contributed by atoms with Crippen LogP contribution in [-0.4, -0.2) is 36.3 Å². The Kier molecular flexibility index (Phi) is 6.70. The molecule has 3 aromatic rings. The van der Waals surface area contributed by atoms with Gasteiger partial charge in [0.25, 0.3) is 0 Å². The van der Waals surface area contributed by atoms with Crippen LogP contribution in [0, 0.1) is 0 Å². The Bertz CT molecular complexity index is 1110. The third kappa shape index (κ3) is 4.81. The van der Waals surface area contributed by atoms with Gasteiger partial charge in [0.1, 0.15) is 0 Å². The van der Waals surface area contributed by atoms with Crippen molar-refractivity contribution in [3.8, 4) is 0 Å². The molecule has 1 heterocycles. The van der Waals surface area contributed by atoms with Gasteiger partial charge in [0.2, 0.25) is 10.0 Å². The van der Waals surface area contributed by atoms with Gasteiger partial charge in [0.05, 0.1) is 4.90 Å². The predicted octanol–water partition coefficient (Wildman–Crippen LogP) is 4.69. The molecule has 0 amide bonds. The smallest absolute Gasteiger partial charge is 0.243 e. The predicted molar refractivity (Wildman–Crippen MR) is 125 cm³/mol. The Labute approximate surface area is 185 Å². The zero-order valence-corrected chi connectivity index (χ0v) is 18.8. The molecule has 1 aromatic heterocycles. The fourth-order valence-corrected chi connectivity index (χ4v) is 6.57. The molecule has 3 unspecified atom stereocenters. The number of nitrogens with two attached hydrogens (primary N) is 1. The van der Waals surface area contributed by atoms with Crippen LogP contribution in [0.1, 0.15) is 50.5 Å². The van der Waals surface area contributed by atoms with Crippen LogP contribution in [0.2, 0.25) is 0 Å². The maximum absolute atomic E-state index is 14.0. The summed E-state index contributed by atoms with van der Waals surface area (Å²) in [4.78, 5) is 4.51. The second-order valence-corrected chi connectivity index (χ2v) is 10.5. The van der Waals surface area contributed by atoms with Crippen LogP contribution in [0.3, 0.4) is 0 Å². The van der Waals surface area contributed by atoms with E-state index in [1.165, 1.54) is 5.56 Å². The maximum atomic E-state index is 14.0. The molecule has 2 aromatic carbocycles. The second kappa shape index (κ2) is 9.47. The van der Waals surface area contributed by atoms with Gasteiger partial charge in [-0.25, -0.2) is 8.42 Å². The number of aromatic nitrogens is 1. The van der Waals surface area contributed by atoms with E-state index in [9.17, 15) is 8.42 Å². The van der Waals surface area contributed by atoms with Gasteiger partial charge in [-0.2, -0.15) is 4.31 Å². The molecule has 0 spiro atoms. The minimum atomic E-state index is -3.68. The number of hydrogen-bond donors (Lipinski definition) is 1. The van der Waals surface area contributed by atoms with Gasteiger partial charge >= 0.3 is 0 Å². The monoisotopic (exact) mass is 437 g/mol. The molecule has 0 saturated heterocycles. The molecule has 0 aliphatic heterocycles. The topological polar surface area (TPSA) is 76.3 Å². The first-order valence-electron chi connectivity index (χ1n) is 11.1. The molecule has 3 atom stereocenters. The minimum Gasteiger partial charge on any atom is -0.328 e. The molecular weight excluding hydrogens is 406 g/mol. The van der Waals surface area contributed by atoms with E-state index in [1.54, 1.807) is 34.9 Å². The summed E-state index contributed by atoms with van der Waals surface area (Å²) in [5, 5.41) is 1.56. The lowest BCUT2D eigenvalue weighted by Crippen LogP contribution is -2.46. The van der Waals surface area contributed by atoms with E-state index < -0.39 is 10.0 Å². The van der Waals surface area contributed by atoms with Crippen LogP contribution in [0.5, 0.6) is 0 Å². The molecule has 5 nitrogen and oxygen atoms in total. The molecular formula is C25H31N3O2S. The van der Waals surface area contributed by atoms with Gasteiger partial charge in [-0.05, 0) is 49.3 Å². The fourth-order valence-electron chi connectivity index (χ4n) is 4.67. The van der Waals surface area contributed by atoms with Gasteiger partial charge < -0.3 is 5.73 Å². The first-order chi connectivity index (χ1) is 15.0. The molecule has 0 radical (unpaired) electrons. The van der Waals surface area contributed by atoms with Gasteiger partial charge in [-0.1, -0.05) is 55.8 Å². The van der Waals surface area contributed by atoms with Crippen molar-refractivity contribution >= 4 is 20.8 Å². The highest BCUT2D eigenvalue weighted by atomic mass is 32.2. The lowest BCUT2D eigenvalue weighted by Gasteiger charge is -2.36. The summed E-state index contributed by atoms with van der Waals surface area (Å²) in [6.45, 7) is 2.65. The Hall–Kier alpha value is -2.28. The number of hydrogen-bond acceptors (Lipinski definition) is 4. The molecule has 1 saturated carbocycles. The molecule has 1 aliphatic rings. The highest BCUT2D eigenvalue weighted by Gasteiger charge is 2.35. The molecule has 4 rings (SSSR count). The summed E-state index contributed by atoms with van der Waals surface area (Å²) < 4.78 is 29.7. The van der Waals surface area contributed by atoms with E-state index in [2.05, 4.69) is 24.0 Å². The lowest BCUT2D eigenvalue weighted by atomic mass is 9.91. The van der Waals surface area contributed by atoms with E-state index in [0.29, 0.717) is 17.9 Å². The van der Waals surface area contributed by atoms with Crippen molar-refractivity contribution in [2.75, 3.05) is 6.54 Å². The third-order valence-corrected chi connectivity index (χ3v) is 8.48. The summed E-state index contributed by atoms with van der Waals surface area (Å²) in [5.74, 6) is 0.271. The van der Waals surface area contributed by atoms with E-state index >= 15 is 0 Å². The largest absolute Gasteiger partial charge is 0.328 e. The summed E-state index contributed by atoms with van der Waals surface area (Å²) in [5.41, 5.74) is 7.49. The maximum Gasteiger partial charge on any atom is 0.243 e. The highest BCUT2D eigenvalue weighted by Crippen LogP contribution is 2.32. The standard InChI is InChI=1S/C25H31N3O2S/c1-19(20-7-3-2-4-8-20)14-16-28(23-11-6-10-22(26)17-23)31(29,30)25-12-5-9-21-18-27-15-13-24(21)25/h2-5,7-9,12-13,15,18-19,22-23H,6,10-11,14,16-17,26H2,1H3. The van der Waals surface area contributed by atoms with Crippen LogP contribution in [-0.2, 0) is 10.0 Å². The van der Waals surface area contributed by atoms with Gasteiger partial charge in [0, 0.05) is 41.8 Å². The van der Waals surface area contributed by atoms with Crippen molar-refractivity contribution < 1.29 is 8.42 Å². The molecule has 0 bridgehead atoms. The van der Waals surface area contributed by atoms with Crippen molar-refractivity contribution in [2.45, 2.75) is 61.9 Å². The molecule has 164 valence electrons. The zero-order valence-electron chi connectivity index (χ0n) is 18.0. The van der Waals surface area contributed by atoms with E-state index in [-0.39, 0.29) is 18.0 Å². The van der Waals surface area contributed by atoms with Crippen molar-refractivity contribution in [1.82, 2.24) is 9.29 Å². The van der Waals surface area contributed by atoms with Crippen LogP contribution in [0.25, 0.3) is 10.8 Å². The van der Waals surface area contributed by atoms with Crippen LogP contribution in [0.15, 0.2) is 71.9 Å². The zero-order chi connectivity index (χ0) is 21.8. The van der Waals surface area contributed by atoms with Crippen LogP contribution >= 0.6 is 0 Å². The lowest BCUT2D eigenvalue weighted by molar-refractivity contribution is 0.232. The summed E-state index contributed by atoms with van der Waals surface area (Å²) in [7, 11) is -3.68. The van der Waals surface area contributed by atoms with Gasteiger partial charge in [0.15, 0.2) is 0 Å². The summed E-state index contributed by atoms with van der Waals surface area (Å²) in [6.07, 6.45) is 7.63. The van der Waals surface area contributed by atoms with Crippen molar-refractivity contribution in [2.24, 2.45) is 5.73 Å². The van der Waals surface area contributed by atoms with Crippen molar-refractivity contribution in [3.63, 3.8) is 0 Å². The number of pyridine rings is 1. The number of rotatable bonds is 7. The normalized spacial score (nSPS) is 20.7. The average Bonchev–Trinajstić information content (AvgIpc) is 2.79. The Balaban J connectivity index is 1.67. The van der Waals surface area contributed by atoms with Crippen molar-refractivity contribution in [1.29, 1.82) is 0 Å². The SMILES string of the molecule is CC(CCN(C1CCCC(N)C1)S(=O)(=O)c1cccc2cnccc12)c1ccccc1. The van der Waals surface area contributed by atoms with Gasteiger partial charge in [-0.15, -0.1) is 0 Å². The fraction of sp³-hybridized carbons (Fsp3) is 0.400. The Morgan fingerprint density at radius 2 is 1.90 bits per heavy atom. The quantitative estimate of drug-likeness (QED) is 0.582. The summed E-state index contributed by atoms with van der Waals surface area (Å²) >= 11 is 0. The van der Waals surface area contributed by atoms with E-state index in [0.717, 1.165) is 36.5 Å². The molecule has 1 aliphatic carbocycles. The second-order valence-electron chi connectivity index (χ2n) is 8.65. The number of sulfonamides is 1. The Morgan fingerprint density at radius 1 is 1.10 bits per heavy atom. The first kappa shape index (κ1) is 21.9. The molecule has 1 fully saturated rings. The molecule has 2 N–H and O–H groups in total. The van der Waals surface area contributed by atoms with E-state index in [1.807, 2.05) is 24.3 Å². The molecule has 6 heteroatoms. The van der Waals surface area contributed by atoms with Crippen molar-refractivity contribution in [3.05, 3.63) is 72.6 Å². The van der Waals surface area contributed by atoms with E-state index in [4.69, 9.17) is 5.73 Å². The van der Waals surface area contributed by atoms with Gasteiger partial charge in [-0.3, -0.25) is 4.98 Å². The average molecular weight is 438 g/mol.